The van der Waals surface area contributed by atoms with Gasteiger partial charge >= 0.3 is 6.09 Å². The van der Waals surface area contributed by atoms with Crippen molar-refractivity contribution in [1.82, 2.24) is 30.8 Å². The predicted molar refractivity (Wildman–Crippen MR) is 154 cm³/mol. The number of benzene rings is 2. The fourth-order valence-corrected chi connectivity index (χ4v) is 6.62. The molecule has 216 valence electrons. The molecule has 0 aliphatic heterocycles. The molecule has 2 heterocycles. The number of carboxylic acid groups (broad SMARTS) is 1. The van der Waals surface area contributed by atoms with Crippen LogP contribution in [-0.4, -0.2) is 48.4 Å². The number of carbonyl (C=O) groups is 2. The van der Waals surface area contributed by atoms with Gasteiger partial charge in [-0.05, 0) is 85.2 Å². The second-order valence-corrected chi connectivity index (χ2v) is 11.7. The van der Waals surface area contributed by atoms with Crippen molar-refractivity contribution in [2.24, 2.45) is 0 Å². The molecule has 0 radical (unpaired) electrons. The molecule has 2 amide bonds. The maximum Gasteiger partial charge on any atom is 0.405 e. The molecule has 2 bridgehead atoms. The van der Waals surface area contributed by atoms with Crippen LogP contribution in [0.4, 0.5) is 4.79 Å². The summed E-state index contributed by atoms with van der Waals surface area (Å²) in [6.07, 6.45) is 6.31. The highest BCUT2D eigenvalue weighted by molar-refractivity contribution is 6.31. The predicted octanol–water partition coefficient (Wildman–Crippen LogP) is 4.17. The Hall–Kier alpha value is -4.51. The Bertz CT molecular complexity index is 1590. The van der Waals surface area contributed by atoms with E-state index in [1.54, 1.807) is 30.3 Å². The van der Waals surface area contributed by atoms with Crippen LogP contribution in [0.3, 0.4) is 0 Å². The summed E-state index contributed by atoms with van der Waals surface area (Å²) in [6.45, 7) is 0. The molecule has 3 aliphatic carbocycles. The normalized spacial score (nSPS) is 21.9. The Morgan fingerprint density at radius 2 is 1.69 bits per heavy atom. The van der Waals surface area contributed by atoms with Crippen molar-refractivity contribution in [3.05, 3.63) is 94.7 Å². The zero-order valence-electron chi connectivity index (χ0n) is 22.7. The van der Waals surface area contributed by atoms with Crippen LogP contribution in [0, 0.1) is 5.21 Å². The summed E-state index contributed by atoms with van der Waals surface area (Å²) in [6, 6.07) is 18.4. The number of nitrogens with one attached hydrogen (secondary N) is 2. The van der Waals surface area contributed by atoms with Crippen molar-refractivity contribution in [3.63, 3.8) is 0 Å². The van der Waals surface area contributed by atoms with E-state index in [-0.39, 0.29) is 5.91 Å². The van der Waals surface area contributed by atoms with E-state index in [2.05, 4.69) is 26.2 Å². The van der Waals surface area contributed by atoms with Gasteiger partial charge in [0.2, 0.25) is 11.6 Å². The van der Waals surface area contributed by atoms with Crippen LogP contribution in [0.5, 0.6) is 0 Å². The number of halogens is 1. The van der Waals surface area contributed by atoms with E-state index in [1.807, 2.05) is 30.3 Å². The second-order valence-electron chi connectivity index (χ2n) is 11.3. The largest absolute Gasteiger partial charge is 0.618 e. The number of carbonyl (C=O) groups excluding carboxylic acids is 1. The molecule has 3 aliphatic rings. The molecule has 7 rings (SSSR count). The molecule has 11 nitrogen and oxygen atoms in total. The Morgan fingerprint density at radius 1 is 1.00 bits per heavy atom. The quantitative estimate of drug-likeness (QED) is 0.207. The minimum absolute atomic E-state index is 0.214. The minimum atomic E-state index is -1.01. The number of tetrazole rings is 1. The highest BCUT2D eigenvalue weighted by Gasteiger charge is 2.50. The van der Waals surface area contributed by atoms with Crippen LogP contribution < -0.4 is 15.4 Å². The van der Waals surface area contributed by atoms with Gasteiger partial charge in [0.05, 0.1) is 5.69 Å². The molecule has 1 atom stereocenters. The molecule has 3 N–H and O–H groups in total. The first-order valence-electron chi connectivity index (χ1n) is 13.9. The number of amides is 2. The van der Waals surface area contributed by atoms with E-state index in [0.717, 1.165) is 10.3 Å². The van der Waals surface area contributed by atoms with Crippen LogP contribution in [-0.2, 0) is 11.2 Å². The fourth-order valence-electron chi connectivity index (χ4n) is 6.45. The summed E-state index contributed by atoms with van der Waals surface area (Å²) < 4.78 is 2.25. The van der Waals surface area contributed by atoms with Gasteiger partial charge in [0.25, 0.3) is 0 Å². The molecule has 12 heteroatoms. The van der Waals surface area contributed by atoms with Crippen molar-refractivity contribution < 1.29 is 19.4 Å². The fraction of sp³-hybridized carbons (Fsp3) is 0.333. The summed E-state index contributed by atoms with van der Waals surface area (Å²) in [5.41, 5.74) is 2.35. The van der Waals surface area contributed by atoms with E-state index < -0.39 is 23.1 Å². The molecule has 2 aromatic heterocycles. The van der Waals surface area contributed by atoms with Gasteiger partial charge in [0, 0.05) is 33.3 Å². The average molecular weight is 588 g/mol. The van der Waals surface area contributed by atoms with E-state index >= 15 is 0 Å². The van der Waals surface area contributed by atoms with Crippen molar-refractivity contribution in [2.45, 2.75) is 61.9 Å². The number of rotatable bonds is 8. The van der Waals surface area contributed by atoms with Crippen molar-refractivity contribution in [1.29, 1.82) is 0 Å². The highest BCUT2D eigenvalue weighted by atomic mass is 35.5. The molecular weight excluding hydrogens is 558 g/mol. The molecule has 0 saturated heterocycles. The average Bonchev–Trinajstić information content (AvgIpc) is 3.52. The number of nitrogens with zero attached hydrogens (tertiary/aromatic N) is 5. The number of hydrogen-bond donors (Lipinski definition) is 3. The third-order valence-corrected chi connectivity index (χ3v) is 9.01. The van der Waals surface area contributed by atoms with Crippen LogP contribution in [0.1, 0.15) is 55.7 Å². The Balaban J connectivity index is 1.30. The van der Waals surface area contributed by atoms with Gasteiger partial charge in [0.1, 0.15) is 12.2 Å². The molecule has 3 saturated carbocycles. The van der Waals surface area contributed by atoms with Crippen molar-refractivity contribution >= 4 is 23.6 Å². The molecule has 2 aromatic carbocycles. The first-order chi connectivity index (χ1) is 20.2. The lowest BCUT2D eigenvalue weighted by Crippen LogP contribution is -2.64. The van der Waals surface area contributed by atoms with Crippen LogP contribution in [0.25, 0.3) is 16.8 Å². The van der Waals surface area contributed by atoms with E-state index in [1.165, 1.54) is 17.2 Å². The SMILES string of the molecule is O=C(O)NC12CCC(NC(=O)C(Cc3ccccc3)c3ccc(-c4cc(Cl)ccc4-n4cnnn4)c[n+]3[O-])(CC1)CC2. The van der Waals surface area contributed by atoms with Gasteiger partial charge in [-0.15, -0.1) is 5.10 Å². The van der Waals surface area contributed by atoms with Crippen molar-refractivity contribution in [3.8, 4) is 16.8 Å². The van der Waals surface area contributed by atoms with Gasteiger partial charge in [-0.2, -0.15) is 9.41 Å². The maximum atomic E-state index is 14.0. The summed E-state index contributed by atoms with van der Waals surface area (Å²) >= 11 is 6.31. The second kappa shape index (κ2) is 11.1. The lowest BCUT2D eigenvalue weighted by atomic mass is 9.61. The van der Waals surface area contributed by atoms with E-state index in [0.29, 0.717) is 72.5 Å². The highest BCUT2D eigenvalue weighted by Crippen LogP contribution is 2.47. The topological polar surface area (TPSA) is 149 Å². The number of aromatic nitrogens is 5. The van der Waals surface area contributed by atoms with Gasteiger partial charge in [-0.1, -0.05) is 41.9 Å². The van der Waals surface area contributed by atoms with Crippen molar-refractivity contribution in [2.75, 3.05) is 0 Å². The van der Waals surface area contributed by atoms with E-state index in [9.17, 15) is 19.9 Å². The third-order valence-electron chi connectivity index (χ3n) is 8.77. The van der Waals surface area contributed by atoms with Gasteiger partial charge < -0.3 is 20.9 Å². The van der Waals surface area contributed by atoms with Gasteiger partial charge in [-0.3, -0.25) is 4.79 Å². The lowest BCUT2D eigenvalue weighted by molar-refractivity contribution is -0.614. The first kappa shape index (κ1) is 27.6. The molecule has 42 heavy (non-hydrogen) atoms. The summed E-state index contributed by atoms with van der Waals surface area (Å²) in [7, 11) is 0. The van der Waals surface area contributed by atoms with Gasteiger partial charge in [0.15, 0.2) is 6.20 Å². The van der Waals surface area contributed by atoms with Crippen LogP contribution in [0.2, 0.25) is 5.02 Å². The zero-order chi connectivity index (χ0) is 29.3. The number of fused-ring (bicyclic) bond motifs is 3. The summed E-state index contributed by atoms with van der Waals surface area (Å²) in [5.74, 6) is -0.952. The summed E-state index contributed by atoms with van der Waals surface area (Å²) in [5, 5.41) is 40.8. The molecule has 4 aromatic rings. The summed E-state index contributed by atoms with van der Waals surface area (Å²) in [4.78, 5) is 25.3. The first-order valence-corrected chi connectivity index (χ1v) is 14.3. The molecule has 0 spiro atoms. The maximum absolute atomic E-state index is 14.0. The minimum Gasteiger partial charge on any atom is -0.618 e. The Kier molecular flexibility index (Phi) is 7.28. The Morgan fingerprint density at radius 3 is 2.31 bits per heavy atom. The molecule has 3 fully saturated rings. The van der Waals surface area contributed by atoms with E-state index in [4.69, 9.17) is 11.6 Å². The molecular formula is C30H30ClN7O4. The standard InChI is InChI=1S/C30H30ClN7O4/c31-22-7-9-25(37-19-32-35-36-37)23(17-22)21-6-8-26(38(42)18-21)24(16-20-4-2-1-3-5-20)27(39)33-29-10-13-30(14-11-29,15-12-29)34-28(40)41/h1-9,17-19,24,34H,10-16H2,(H,33,39)(H,40,41). The number of hydrogen-bond acceptors (Lipinski definition) is 6. The smallest absolute Gasteiger partial charge is 0.405 e. The molecule has 1 unspecified atom stereocenters. The Labute approximate surface area is 247 Å². The zero-order valence-corrected chi connectivity index (χ0v) is 23.5. The van der Waals surface area contributed by atoms with Gasteiger partial charge in [-0.25, -0.2) is 4.79 Å². The third kappa shape index (κ3) is 5.52. The van der Waals surface area contributed by atoms with Crippen LogP contribution >= 0.6 is 11.6 Å². The monoisotopic (exact) mass is 587 g/mol. The number of pyridine rings is 1. The lowest BCUT2D eigenvalue weighted by Gasteiger charge is -2.53. The van der Waals surface area contributed by atoms with Crippen LogP contribution in [0.15, 0.2) is 73.2 Å².